The second-order valence-corrected chi connectivity index (χ2v) is 10.2. The van der Waals surface area contributed by atoms with Gasteiger partial charge in [0.05, 0.1) is 30.6 Å². The molecule has 1 spiro atoms. The molecule has 1 saturated carbocycles. The minimum atomic E-state index is -1.14. The average Bonchev–Trinajstić information content (AvgIpc) is 3.40. The van der Waals surface area contributed by atoms with Crippen LogP contribution in [0.4, 0.5) is 0 Å². The lowest BCUT2D eigenvalue weighted by atomic mass is 9.70. The number of amides is 2. The van der Waals surface area contributed by atoms with E-state index < -0.39 is 41.6 Å². The highest BCUT2D eigenvalue weighted by Crippen LogP contribution is 2.59. The van der Waals surface area contributed by atoms with Gasteiger partial charge in [-0.25, -0.2) is 0 Å². The fraction of sp³-hybridized carbons (Fsp3) is 0.792. The SMILES string of the molecule is C=CCN(C(=O)[C@H]1N([C@@H](CO)C(C)C)C(=O)[C@@H]2[C@@H](C(=O)O)[C@H]3CC[C@]21O3)C1CCCCC1. The van der Waals surface area contributed by atoms with Crippen LogP contribution in [0.5, 0.6) is 0 Å². The van der Waals surface area contributed by atoms with Gasteiger partial charge in [0.15, 0.2) is 0 Å². The predicted molar refractivity (Wildman–Crippen MR) is 117 cm³/mol. The highest BCUT2D eigenvalue weighted by atomic mass is 16.5. The molecule has 3 heterocycles. The predicted octanol–water partition coefficient (Wildman–Crippen LogP) is 1.81. The zero-order valence-electron chi connectivity index (χ0n) is 19.1. The number of fused-ring (bicyclic) bond motifs is 1. The Morgan fingerprint density at radius 3 is 2.53 bits per heavy atom. The first-order valence-electron chi connectivity index (χ1n) is 12.0. The van der Waals surface area contributed by atoms with Gasteiger partial charge in [-0.05, 0) is 31.6 Å². The summed E-state index contributed by atoms with van der Waals surface area (Å²) in [5.74, 6) is -3.56. The lowest BCUT2D eigenvalue weighted by Gasteiger charge is -2.43. The van der Waals surface area contributed by atoms with Crippen molar-refractivity contribution in [1.29, 1.82) is 0 Å². The van der Waals surface area contributed by atoms with Gasteiger partial charge in [-0.3, -0.25) is 14.4 Å². The van der Waals surface area contributed by atoms with E-state index >= 15 is 0 Å². The van der Waals surface area contributed by atoms with Crippen LogP contribution in [0, 0.1) is 17.8 Å². The van der Waals surface area contributed by atoms with Crippen LogP contribution < -0.4 is 0 Å². The van der Waals surface area contributed by atoms with Crippen molar-refractivity contribution in [3.05, 3.63) is 12.7 Å². The van der Waals surface area contributed by atoms with E-state index in [0.29, 0.717) is 19.4 Å². The third kappa shape index (κ3) is 3.37. The summed E-state index contributed by atoms with van der Waals surface area (Å²) in [4.78, 5) is 43.4. The van der Waals surface area contributed by atoms with E-state index in [1.165, 1.54) is 4.90 Å². The number of aliphatic carboxylic acids is 1. The number of carbonyl (C=O) groups excluding carboxylic acids is 2. The van der Waals surface area contributed by atoms with Gasteiger partial charge in [-0.2, -0.15) is 0 Å². The smallest absolute Gasteiger partial charge is 0.310 e. The van der Waals surface area contributed by atoms with Gasteiger partial charge >= 0.3 is 5.97 Å². The van der Waals surface area contributed by atoms with E-state index in [-0.39, 0.29) is 30.4 Å². The largest absolute Gasteiger partial charge is 0.481 e. The summed E-state index contributed by atoms with van der Waals surface area (Å²) < 4.78 is 6.28. The van der Waals surface area contributed by atoms with E-state index in [1.54, 1.807) is 6.08 Å². The number of hydrogen-bond donors (Lipinski definition) is 2. The summed E-state index contributed by atoms with van der Waals surface area (Å²) in [7, 11) is 0. The Balaban J connectivity index is 1.78. The first kappa shape index (κ1) is 23.2. The fourth-order valence-electron chi connectivity index (χ4n) is 6.74. The van der Waals surface area contributed by atoms with Crippen molar-refractivity contribution >= 4 is 17.8 Å². The van der Waals surface area contributed by atoms with Crippen molar-refractivity contribution in [3.8, 4) is 0 Å². The lowest BCUT2D eigenvalue weighted by Crippen LogP contribution is -2.61. The van der Waals surface area contributed by atoms with Crippen LogP contribution in [0.25, 0.3) is 0 Å². The molecule has 8 nitrogen and oxygen atoms in total. The zero-order chi connectivity index (χ0) is 23.2. The number of carbonyl (C=O) groups is 3. The summed E-state index contributed by atoms with van der Waals surface area (Å²) in [6.07, 6.45) is 7.24. The van der Waals surface area contributed by atoms with Gasteiger partial charge in [0.2, 0.25) is 11.8 Å². The summed E-state index contributed by atoms with van der Waals surface area (Å²) >= 11 is 0. The number of aliphatic hydroxyl groups excluding tert-OH is 1. The Hall–Kier alpha value is -1.93. The molecule has 1 aliphatic carbocycles. The molecule has 32 heavy (non-hydrogen) atoms. The molecule has 4 aliphatic rings. The monoisotopic (exact) mass is 448 g/mol. The van der Waals surface area contributed by atoms with Crippen molar-refractivity contribution in [2.24, 2.45) is 17.8 Å². The lowest BCUT2D eigenvalue weighted by molar-refractivity contribution is -0.155. The normalized spacial score (nSPS) is 35.2. The highest BCUT2D eigenvalue weighted by molar-refractivity contribution is 5.98. The van der Waals surface area contributed by atoms with Gasteiger partial charge in [-0.15, -0.1) is 6.58 Å². The molecule has 0 radical (unpaired) electrons. The van der Waals surface area contributed by atoms with Crippen molar-refractivity contribution < 1.29 is 29.3 Å². The number of rotatable bonds is 8. The molecule has 0 unspecified atom stereocenters. The molecule has 4 rings (SSSR count). The molecule has 2 N–H and O–H groups in total. The van der Waals surface area contributed by atoms with Crippen LogP contribution in [0.3, 0.4) is 0 Å². The molecule has 0 aromatic carbocycles. The molecule has 3 saturated heterocycles. The van der Waals surface area contributed by atoms with Crippen LogP contribution in [-0.2, 0) is 19.1 Å². The van der Waals surface area contributed by atoms with Gasteiger partial charge in [0, 0.05) is 12.6 Å². The van der Waals surface area contributed by atoms with Crippen molar-refractivity contribution in [2.45, 2.75) is 88.6 Å². The maximum Gasteiger partial charge on any atom is 0.310 e. The molecular formula is C24H36N2O6. The van der Waals surface area contributed by atoms with Crippen molar-refractivity contribution in [3.63, 3.8) is 0 Å². The molecule has 8 heteroatoms. The topological polar surface area (TPSA) is 107 Å². The Labute approximate surface area is 189 Å². The second kappa shape index (κ2) is 8.78. The summed E-state index contributed by atoms with van der Waals surface area (Å²) in [5.41, 5.74) is -1.14. The van der Waals surface area contributed by atoms with Crippen LogP contribution in [-0.4, -0.2) is 80.8 Å². The average molecular weight is 449 g/mol. The number of likely N-dealkylation sites (tertiary alicyclic amines) is 1. The molecule has 4 fully saturated rings. The van der Waals surface area contributed by atoms with E-state index in [0.717, 1.165) is 32.1 Å². The summed E-state index contributed by atoms with van der Waals surface area (Å²) in [6.45, 7) is 7.73. The van der Waals surface area contributed by atoms with Crippen LogP contribution >= 0.6 is 0 Å². The first-order chi connectivity index (χ1) is 15.3. The molecule has 6 atom stereocenters. The molecule has 0 aromatic heterocycles. The van der Waals surface area contributed by atoms with Gasteiger partial charge in [-0.1, -0.05) is 39.2 Å². The van der Waals surface area contributed by atoms with Crippen LogP contribution in [0.1, 0.15) is 58.8 Å². The van der Waals surface area contributed by atoms with E-state index in [4.69, 9.17) is 4.74 Å². The van der Waals surface area contributed by atoms with Gasteiger partial charge in [0.1, 0.15) is 11.6 Å². The van der Waals surface area contributed by atoms with E-state index in [9.17, 15) is 24.6 Å². The van der Waals surface area contributed by atoms with Gasteiger partial charge < -0.3 is 24.7 Å². The maximum atomic E-state index is 14.2. The van der Waals surface area contributed by atoms with E-state index in [2.05, 4.69) is 6.58 Å². The summed E-state index contributed by atoms with van der Waals surface area (Å²) in [5, 5.41) is 20.1. The summed E-state index contributed by atoms with van der Waals surface area (Å²) in [6, 6.07) is -1.43. The minimum absolute atomic E-state index is 0.0714. The Morgan fingerprint density at radius 1 is 1.28 bits per heavy atom. The number of aliphatic hydroxyl groups is 1. The number of carboxylic acid groups (broad SMARTS) is 1. The number of ether oxygens (including phenoxy) is 1. The molecule has 3 aliphatic heterocycles. The van der Waals surface area contributed by atoms with Crippen LogP contribution in [0.2, 0.25) is 0 Å². The van der Waals surface area contributed by atoms with Crippen molar-refractivity contribution in [1.82, 2.24) is 9.80 Å². The second-order valence-electron chi connectivity index (χ2n) is 10.2. The van der Waals surface area contributed by atoms with Crippen LogP contribution in [0.15, 0.2) is 12.7 Å². The number of nitrogens with zero attached hydrogens (tertiary/aromatic N) is 2. The van der Waals surface area contributed by atoms with Crippen molar-refractivity contribution in [2.75, 3.05) is 13.2 Å². The third-order valence-electron chi connectivity index (χ3n) is 8.20. The molecule has 2 bridgehead atoms. The zero-order valence-corrected chi connectivity index (χ0v) is 19.1. The van der Waals surface area contributed by atoms with Gasteiger partial charge in [0.25, 0.3) is 0 Å². The first-order valence-corrected chi connectivity index (χ1v) is 12.0. The number of carboxylic acids is 1. The Morgan fingerprint density at radius 2 is 1.97 bits per heavy atom. The molecular weight excluding hydrogens is 412 g/mol. The highest BCUT2D eigenvalue weighted by Gasteiger charge is 2.75. The molecule has 178 valence electrons. The standard InChI is InChI=1S/C24H36N2O6/c1-4-12-25(15-8-6-5-7-9-15)22(29)20-24-11-10-17(32-24)18(23(30)31)19(24)21(28)26(20)16(13-27)14(2)3/h4,14-20,27H,1,5-13H2,2-3H3,(H,30,31)/t16-,17+,18-,19-,20+,24-/m0/s1. The molecule has 0 aromatic rings. The quantitative estimate of drug-likeness (QED) is 0.549. The third-order valence-corrected chi connectivity index (χ3v) is 8.20. The minimum Gasteiger partial charge on any atom is -0.481 e. The Bertz CT molecular complexity index is 778. The Kier molecular flexibility index (Phi) is 6.38. The molecule has 2 amide bonds. The fourth-order valence-corrected chi connectivity index (χ4v) is 6.74. The number of hydrogen-bond acceptors (Lipinski definition) is 5. The maximum absolute atomic E-state index is 14.2. The van der Waals surface area contributed by atoms with E-state index in [1.807, 2.05) is 18.7 Å².